The zero-order valence-corrected chi connectivity index (χ0v) is 6.27. The largest absolute Gasteiger partial charge is 0.378 e. The molecule has 2 atom stereocenters. The number of hydrogen-bond donors (Lipinski definition) is 0. The van der Waals surface area contributed by atoms with E-state index in [4.69, 9.17) is 4.74 Å². The van der Waals surface area contributed by atoms with Gasteiger partial charge in [0.2, 0.25) is 0 Å². The summed E-state index contributed by atoms with van der Waals surface area (Å²) in [6.45, 7) is 9.28. The SMILES string of the molecule is CC.CC1COC1C. The molecule has 0 spiro atoms. The summed E-state index contributed by atoms with van der Waals surface area (Å²) in [5.74, 6) is 0.810. The molecule has 0 amide bonds. The van der Waals surface area contributed by atoms with Gasteiger partial charge in [-0.25, -0.2) is 0 Å². The molecular weight excluding hydrogens is 100 g/mol. The predicted molar refractivity (Wildman–Crippen MR) is 35.9 cm³/mol. The van der Waals surface area contributed by atoms with Crippen molar-refractivity contribution in [3.8, 4) is 0 Å². The molecule has 1 heteroatoms. The van der Waals surface area contributed by atoms with Crippen molar-refractivity contribution in [2.24, 2.45) is 5.92 Å². The van der Waals surface area contributed by atoms with Crippen LogP contribution in [0, 0.1) is 5.92 Å². The molecule has 0 bridgehead atoms. The van der Waals surface area contributed by atoms with E-state index in [1.54, 1.807) is 0 Å². The highest BCUT2D eigenvalue weighted by Crippen LogP contribution is 2.17. The van der Waals surface area contributed by atoms with Gasteiger partial charge in [-0.2, -0.15) is 0 Å². The van der Waals surface area contributed by atoms with Gasteiger partial charge in [-0.1, -0.05) is 20.8 Å². The molecule has 1 fully saturated rings. The van der Waals surface area contributed by atoms with Gasteiger partial charge in [-0.3, -0.25) is 0 Å². The van der Waals surface area contributed by atoms with E-state index in [0.29, 0.717) is 6.10 Å². The van der Waals surface area contributed by atoms with Gasteiger partial charge in [0.15, 0.2) is 0 Å². The van der Waals surface area contributed by atoms with Crippen LogP contribution in [0.1, 0.15) is 27.7 Å². The monoisotopic (exact) mass is 116 g/mol. The van der Waals surface area contributed by atoms with Crippen LogP contribution in [0.4, 0.5) is 0 Å². The summed E-state index contributed by atoms with van der Waals surface area (Å²) in [7, 11) is 0. The lowest BCUT2D eigenvalue weighted by Crippen LogP contribution is -2.34. The first kappa shape index (κ1) is 7.96. The Kier molecular flexibility index (Phi) is 3.88. The van der Waals surface area contributed by atoms with Crippen LogP contribution >= 0.6 is 0 Å². The Hall–Kier alpha value is -0.0400. The lowest BCUT2D eigenvalue weighted by molar-refractivity contribution is -0.0937. The fourth-order valence-electron chi connectivity index (χ4n) is 0.481. The van der Waals surface area contributed by atoms with Crippen molar-refractivity contribution >= 4 is 0 Å². The Bertz CT molecular complexity index is 44.3. The number of hydrogen-bond acceptors (Lipinski definition) is 1. The predicted octanol–water partition coefficient (Wildman–Crippen LogP) is 2.07. The van der Waals surface area contributed by atoms with Gasteiger partial charge in [0.05, 0.1) is 12.7 Å². The summed E-state index contributed by atoms with van der Waals surface area (Å²) in [6, 6.07) is 0. The molecule has 0 aromatic heterocycles. The van der Waals surface area contributed by atoms with Gasteiger partial charge in [0.25, 0.3) is 0 Å². The summed E-state index contributed by atoms with van der Waals surface area (Å²) >= 11 is 0. The fourth-order valence-corrected chi connectivity index (χ4v) is 0.481. The van der Waals surface area contributed by atoms with Crippen molar-refractivity contribution in [3.05, 3.63) is 0 Å². The number of rotatable bonds is 0. The first-order chi connectivity index (χ1) is 3.80. The normalized spacial score (nSPS) is 34.5. The van der Waals surface area contributed by atoms with Crippen LogP contribution in [-0.4, -0.2) is 12.7 Å². The molecule has 1 aliphatic rings. The third-order valence-electron chi connectivity index (χ3n) is 1.42. The zero-order chi connectivity index (χ0) is 6.57. The molecule has 8 heavy (non-hydrogen) atoms. The van der Waals surface area contributed by atoms with Crippen molar-refractivity contribution in [2.45, 2.75) is 33.8 Å². The smallest absolute Gasteiger partial charge is 0.0594 e. The molecule has 0 N–H and O–H groups in total. The third-order valence-corrected chi connectivity index (χ3v) is 1.42. The molecule has 1 saturated heterocycles. The van der Waals surface area contributed by atoms with Crippen LogP contribution in [0.2, 0.25) is 0 Å². The summed E-state index contributed by atoms with van der Waals surface area (Å²) in [6.07, 6.45) is 0.532. The molecule has 2 unspecified atom stereocenters. The van der Waals surface area contributed by atoms with E-state index in [1.807, 2.05) is 13.8 Å². The van der Waals surface area contributed by atoms with Crippen LogP contribution < -0.4 is 0 Å². The van der Waals surface area contributed by atoms with Crippen molar-refractivity contribution in [3.63, 3.8) is 0 Å². The highest BCUT2D eigenvalue weighted by Gasteiger charge is 2.21. The minimum atomic E-state index is 0.532. The first-order valence-corrected chi connectivity index (χ1v) is 3.42. The van der Waals surface area contributed by atoms with E-state index >= 15 is 0 Å². The second kappa shape index (κ2) is 3.90. The highest BCUT2D eigenvalue weighted by atomic mass is 16.5. The minimum absolute atomic E-state index is 0.532. The van der Waals surface area contributed by atoms with Crippen LogP contribution in [0.15, 0.2) is 0 Å². The Labute approximate surface area is 52.0 Å². The highest BCUT2D eigenvalue weighted by molar-refractivity contribution is 4.68. The maximum Gasteiger partial charge on any atom is 0.0594 e. The lowest BCUT2D eigenvalue weighted by atomic mass is 10.0. The molecule has 1 nitrogen and oxygen atoms in total. The topological polar surface area (TPSA) is 9.23 Å². The molecule has 0 radical (unpaired) electrons. The Morgan fingerprint density at radius 2 is 1.62 bits per heavy atom. The molecular formula is C7H16O. The van der Waals surface area contributed by atoms with Crippen molar-refractivity contribution in [2.75, 3.05) is 6.61 Å². The second-order valence-corrected chi connectivity index (χ2v) is 2.02. The second-order valence-electron chi connectivity index (χ2n) is 2.02. The summed E-state index contributed by atoms with van der Waals surface area (Å²) in [5.41, 5.74) is 0. The van der Waals surface area contributed by atoms with E-state index in [-0.39, 0.29) is 0 Å². The van der Waals surface area contributed by atoms with Gasteiger partial charge >= 0.3 is 0 Å². The van der Waals surface area contributed by atoms with Gasteiger partial charge in [-0.15, -0.1) is 0 Å². The van der Waals surface area contributed by atoms with Crippen LogP contribution in [-0.2, 0) is 4.74 Å². The minimum Gasteiger partial charge on any atom is -0.378 e. The first-order valence-electron chi connectivity index (χ1n) is 3.42. The van der Waals surface area contributed by atoms with Gasteiger partial charge in [-0.05, 0) is 6.92 Å². The third kappa shape index (κ3) is 1.83. The van der Waals surface area contributed by atoms with E-state index < -0.39 is 0 Å². The Morgan fingerprint density at radius 3 is 1.62 bits per heavy atom. The molecule has 1 rings (SSSR count). The van der Waals surface area contributed by atoms with Crippen LogP contribution in [0.25, 0.3) is 0 Å². The maximum absolute atomic E-state index is 5.04. The summed E-state index contributed by atoms with van der Waals surface area (Å²) in [5, 5.41) is 0. The quantitative estimate of drug-likeness (QED) is 0.470. The van der Waals surface area contributed by atoms with Crippen molar-refractivity contribution < 1.29 is 4.74 Å². The zero-order valence-electron chi connectivity index (χ0n) is 6.27. The molecule has 0 aromatic carbocycles. The molecule has 0 saturated carbocycles. The van der Waals surface area contributed by atoms with Crippen molar-refractivity contribution in [1.82, 2.24) is 0 Å². The lowest BCUT2D eigenvalue weighted by Gasteiger charge is -2.30. The van der Waals surface area contributed by atoms with Gasteiger partial charge in [0, 0.05) is 5.92 Å². The Morgan fingerprint density at radius 1 is 1.25 bits per heavy atom. The van der Waals surface area contributed by atoms with E-state index in [0.717, 1.165) is 12.5 Å². The summed E-state index contributed by atoms with van der Waals surface area (Å²) < 4.78 is 5.04. The molecule has 0 aliphatic carbocycles. The van der Waals surface area contributed by atoms with Crippen molar-refractivity contribution in [1.29, 1.82) is 0 Å². The van der Waals surface area contributed by atoms with E-state index in [9.17, 15) is 0 Å². The standard InChI is InChI=1S/C5H10O.C2H6/c1-4-3-6-5(4)2;1-2/h4-5H,3H2,1-2H3;1-2H3. The number of ether oxygens (including phenoxy) is 1. The molecule has 0 aromatic rings. The Balaban J connectivity index is 0.000000222. The fraction of sp³-hybridized carbons (Fsp3) is 1.00. The van der Waals surface area contributed by atoms with Gasteiger partial charge < -0.3 is 4.74 Å². The van der Waals surface area contributed by atoms with Crippen LogP contribution in [0.3, 0.4) is 0 Å². The van der Waals surface area contributed by atoms with Crippen LogP contribution in [0.5, 0.6) is 0 Å². The molecule has 1 aliphatic heterocycles. The van der Waals surface area contributed by atoms with E-state index in [2.05, 4.69) is 13.8 Å². The maximum atomic E-state index is 5.04. The molecule has 1 heterocycles. The average molecular weight is 116 g/mol. The average Bonchev–Trinajstić information content (AvgIpc) is 1.88. The van der Waals surface area contributed by atoms with Gasteiger partial charge in [0.1, 0.15) is 0 Å². The van der Waals surface area contributed by atoms with E-state index in [1.165, 1.54) is 0 Å². The molecule has 50 valence electrons. The summed E-state index contributed by atoms with van der Waals surface area (Å²) in [4.78, 5) is 0.